The van der Waals surface area contributed by atoms with E-state index in [1.54, 1.807) is 0 Å². The standard InChI is InChI=1S/C7H16N2O/c1-9-5-2-3-7(8-10)4-6-9/h7-8,10H,2-6H2,1H3. The number of hydrogen-bond acceptors (Lipinski definition) is 3. The zero-order valence-corrected chi connectivity index (χ0v) is 6.51. The Morgan fingerprint density at radius 1 is 1.40 bits per heavy atom. The highest BCUT2D eigenvalue weighted by molar-refractivity contribution is 4.69. The summed E-state index contributed by atoms with van der Waals surface area (Å²) in [5.74, 6) is 0. The molecule has 0 amide bonds. The molecule has 1 atom stereocenters. The van der Waals surface area contributed by atoms with Crippen molar-refractivity contribution in [3.8, 4) is 0 Å². The maximum Gasteiger partial charge on any atom is 0.0332 e. The molecule has 1 saturated heterocycles. The summed E-state index contributed by atoms with van der Waals surface area (Å²) in [6, 6.07) is 0.324. The fraction of sp³-hybridized carbons (Fsp3) is 1.00. The highest BCUT2D eigenvalue weighted by Crippen LogP contribution is 2.08. The van der Waals surface area contributed by atoms with Gasteiger partial charge in [0.15, 0.2) is 0 Å². The van der Waals surface area contributed by atoms with E-state index in [0.29, 0.717) is 6.04 Å². The van der Waals surface area contributed by atoms with Gasteiger partial charge in [0.25, 0.3) is 0 Å². The van der Waals surface area contributed by atoms with Crippen molar-refractivity contribution in [1.29, 1.82) is 0 Å². The van der Waals surface area contributed by atoms with Crippen LogP contribution in [0.2, 0.25) is 0 Å². The summed E-state index contributed by atoms with van der Waals surface area (Å²) in [7, 11) is 2.12. The summed E-state index contributed by atoms with van der Waals surface area (Å²) in [5, 5.41) is 8.63. The van der Waals surface area contributed by atoms with Crippen molar-refractivity contribution in [3.05, 3.63) is 0 Å². The Hall–Kier alpha value is -0.120. The molecule has 1 fully saturated rings. The highest BCUT2D eigenvalue weighted by atomic mass is 16.5. The molecule has 0 aliphatic carbocycles. The molecule has 0 saturated carbocycles. The third kappa shape index (κ3) is 2.25. The quantitative estimate of drug-likeness (QED) is 0.524. The molecule has 60 valence electrons. The van der Waals surface area contributed by atoms with Crippen LogP contribution in [0.1, 0.15) is 19.3 Å². The van der Waals surface area contributed by atoms with E-state index in [9.17, 15) is 0 Å². The van der Waals surface area contributed by atoms with Crippen LogP contribution in [0, 0.1) is 0 Å². The third-order valence-electron chi connectivity index (χ3n) is 2.13. The summed E-state index contributed by atoms with van der Waals surface area (Å²) in [5.41, 5.74) is 2.34. The van der Waals surface area contributed by atoms with Gasteiger partial charge in [0.05, 0.1) is 0 Å². The summed E-state index contributed by atoms with van der Waals surface area (Å²) in [4.78, 5) is 2.30. The van der Waals surface area contributed by atoms with Crippen molar-refractivity contribution < 1.29 is 5.21 Å². The van der Waals surface area contributed by atoms with Crippen molar-refractivity contribution in [2.24, 2.45) is 0 Å². The lowest BCUT2D eigenvalue weighted by atomic mass is 10.1. The highest BCUT2D eigenvalue weighted by Gasteiger charge is 2.12. The minimum Gasteiger partial charge on any atom is -0.317 e. The van der Waals surface area contributed by atoms with Gasteiger partial charge in [-0.3, -0.25) is 0 Å². The van der Waals surface area contributed by atoms with Crippen LogP contribution in [0.15, 0.2) is 0 Å². The van der Waals surface area contributed by atoms with E-state index < -0.39 is 0 Å². The zero-order valence-electron chi connectivity index (χ0n) is 6.51. The van der Waals surface area contributed by atoms with Gasteiger partial charge in [-0.25, -0.2) is 5.48 Å². The van der Waals surface area contributed by atoms with Crippen LogP contribution in [0.5, 0.6) is 0 Å². The molecule has 1 aliphatic rings. The van der Waals surface area contributed by atoms with Gasteiger partial charge in [0, 0.05) is 6.04 Å². The molecule has 0 aromatic heterocycles. The predicted octanol–water partition coefficient (Wildman–Crippen LogP) is 0.449. The van der Waals surface area contributed by atoms with E-state index >= 15 is 0 Å². The van der Waals surface area contributed by atoms with Crippen LogP contribution in [0.25, 0.3) is 0 Å². The lowest BCUT2D eigenvalue weighted by Crippen LogP contribution is -2.27. The number of nitrogens with zero attached hydrogens (tertiary/aromatic N) is 1. The van der Waals surface area contributed by atoms with Gasteiger partial charge in [0.1, 0.15) is 0 Å². The fourth-order valence-corrected chi connectivity index (χ4v) is 1.37. The maximum absolute atomic E-state index is 8.63. The van der Waals surface area contributed by atoms with E-state index in [2.05, 4.69) is 17.4 Å². The van der Waals surface area contributed by atoms with Crippen LogP contribution >= 0.6 is 0 Å². The van der Waals surface area contributed by atoms with Crippen molar-refractivity contribution >= 4 is 0 Å². The van der Waals surface area contributed by atoms with Gasteiger partial charge in [-0.05, 0) is 39.4 Å². The lowest BCUT2D eigenvalue weighted by molar-refractivity contribution is 0.118. The second-order valence-corrected chi connectivity index (χ2v) is 3.06. The first-order valence-corrected chi connectivity index (χ1v) is 3.91. The average Bonchev–Trinajstić information content (AvgIpc) is 2.14. The molecular weight excluding hydrogens is 128 g/mol. The van der Waals surface area contributed by atoms with E-state index in [-0.39, 0.29) is 0 Å². The molecule has 3 heteroatoms. The minimum atomic E-state index is 0.324. The van der Waals surface area contributed by atoms with Crippen LogP contribution < -0.4 is 5.48 Å². The van der Waals surface area contributed by atoms with Gasteiger partial charge < -0.3 is 10.1 Å². The molecular formula is C7H16N2O. The Kier molecular flexibility index (Phi) is 3.12. The van der Waals surface area contributed by atoms with Crippen molar-refractivity contribution in [1.82, 2.24) is 10.4 Å². The summed E-state index contributed by atoms with van der Waals surface area (Å²) in [6.45, 7) is 2.26. The molecule has 3 nitrogen and oxygen atoms in total. The average molecular weight is 144 g/mol. The predicted molar refractivity (Wildman–Crippen MR) is 40.1 cm³/mol. The number of rotatable bonds is 1. The van der Waals surface area contributed by atoms with Crippen LogP contribution in [0.4, 0.5) is 0 Å². The van der Waals surface area contributed by atoms with Crippen LogP contribution in [-0.2, 0) is 0 Å². The number of likely N-dealkylation sites (tertiary alicyclic amines) is 1. The van der Waals surface area contributed by atoms with Gasteiger partial charge >= 0.3 is 0 Å². The van der Waals surface area contributed by atoms with Gasteiger partial charge in [-0.15, -0.1) is 0 Å². The molecule has 1 unspecified atom stereocenters. The minimum absolute atomic E-state index is 0.324. The Labute approximate surface area is 62.0 Å². The molecule has 10 heavy (non-hydrogen) atoms. The van der Waals surface area contributed by atoms with Gasteiger partial charge in [-0.2, -0.15) is 0 Å². The number of hydrogen-bond donors (Lipinski definition) is 2. The van der Waals surface area contributed by atoms with E-state index in [1.165, 1.54) is 6.42 Å². The smallest absolute Gasteiger partial charge is 0.0332 e. The van der Waals surface area contributed by atoms with Gasteiger partial charge in [0.2, 0.25) is 0 Å². The van der Waals surface area contributed by atoms with E-state index in [4.69, 9.17) is 5.21 Å². The Morgan fingerprint density at radius 2 is 2.20 bits per heavy atom. The second-order valence-electron chi connectivity index (χ2n) is 3.06. The normalized spacial score (nSPS) is 30.0. The summed E-state index contributed by atoms with van der Waals surface area (Å²) < 4.78 is 0. The lowest BCUT2D eigenvalue weighted by Gasteiger charge is -2.12. The molecule has 1 aliphatic heterocycles. The van der Waals surface area contributed by atoms with Crippen molar-refractivity contribution in [3.63, 3.8) is 0 Å². The van der Waals surface area contributed by atoms with Crippen molar-refractivity contribution in [2.75, 3.05) is 20.1 Å². The molecule has 1 rings (SSSR count). The zero-order chi connectivity index (χ0) is 7.40. The Balaban J connectivity index is 2.26. The summed E-state index contributed by atoms with van der Waals surface area (Å²) >= 11 is 0. The van der Waals surface area contributed by atoms with Crippen LogP contribution in [0.3, 0.4) is 0 Å². The molecule has 0 aromatic rings. The molecule has 2 N–H and O–H groups in total. The molecule has 0 bridgehead atoms. The number of nitrogens with one attached hydrogen (secondary N) is 1. The SMILES string of the molecule is CN1CCCC(NO)CC1. The molecule has 0 aromatic carbocycles. The Morgan fingerprint density at radius 3 is 2.90 bits per heavy atom. The monoisotopic (exact) mass is 144 g/mol. The van der Waals surface area contributed by atoms with Crippen LogP contribution in [-0.4, -0.2) is 36.3 Å². The third-order valence-corrected chi connectivity index (χ3v) is 2.13. The maximum atomic E-state index is 8.63. The largest absolute Gasteiger partial charge is 0.317 e. The number of hydroxylamine groups is 1. The topological polar surface area (TPSA) is 35.5 Å². The molecule has 0 spiro atoms. The van der Waals surface area contributed by atoms with Gasteiger partial charge in [-0.1, -0.05) is 0 Å². The van der Waals surface area contributed by atoms with E-state index in [1.807, 2.05) is 0 Å². The first-order chi connectivity index (χ1) is 4.83. The molecule has 1 heterocycles. The summed E-state index contributed by atoms with van der Waals surface area (Å²) in [6.07, 6.45) is 3.35. The first-order valence-electron chi connectivity index (χ1n) is 3.91. The Bertz CT molecular complexity index is 97.6. The van der Waals surface area contributed by atoms with E-state index in [0.717, 1.165) is 25.9 Å². The second kappa shape index (κ2) is 3.91. The molecule has 0 radical (unpaired) electrons. The van der Waals surface area contributed by atoms with Crippen molar-refractivity contribution in [2.45, 2.75) is 25.3 Å². The first kappa shape index (κ1) is 7.98. The fourth-order valence-electron chi connectivity index (χ4n) is 1.37.